The van der Waals surface area contributed by atoms with Crippen molar-refractivity contribution in [3.63, 3.8) is 0 Å². The summed E-state index contributed by atoms with van der Waals surface area (Å²) in [4.78, 5) is 14.3. The van der Waals surface area contributed by atoms with E-state index in [0.717, 1.165) is 24.2 Å². The van der Waals surface area contributed by atoms with Crippen molar-refractivity contribution >= 4 is 17.7 Å². The number of rotatable bonds is 7. The molecule has 0 aromatic heterocycles. The Morgan fingerprint density at radius 2 is 2.10 bits per heavy atom. The SMILES string of the molecule is CSCC[C@@H](N)C(=O)N(Cc1ccc(F)cc1)C1CC1. The van der Waals surface area contributed by atoms with Crippen LogP contribution >= 0.6 is 11.8 Å². The van der Waals surface area contributed by atoms with Crippen molar-refractivity contribution < 1.29 is 9.18 Å². The number of amides is 1. The minimum Gasteiger partial charge on any atom is -0.334 e. The van der Waals surface area contributed by atoms with E-state index in [-0.39, 0.29) is 11.7 Å². The van der Waals surface area contributed by atoms with Crippen LogP contribution in [-0.2, 0) is 11.3 Å². The number of nitrogens with two attached hydrogens (primary N) is 1. The van der Waals surface area contributed by atoms with Gasteiger partial charge in [0, 0.05) is 12.6 Å². The molecule has 0 radical (unpaired) electrons. The highest BCUT2D eigenvalue weighted by atomic mass is 32.2. The zero-order valence-electron chi connectivity index (χ0n) is 11.7. The molecule has 1 saturated carbocycles. The first-order chi connectivity index (χ1) is 9.61. The van der Waals surface area contributed by atoms with Crippen molar-refractivity contribution in [3.8, 4) is 0 Å². The molecule has 2 N–H and O–H groups in total. The van der Waals surface area contributed by atoms with Gasteiger partial charge in [0.15, 0.2) is 0 Å². The van der Waals surface area contributed by atoms with Gasteiger partial charge in [-0.3, -0.25) is 4.79 Å². The van der Waals surface area contributed by atoms with Crippen molar-refractivity contribution in [2.45, 2.75) is 37.9 Å². The Labute approximate surface area is 123 Å². The molecular formula is C15H21FN2OS. The molecule has 0 saturated heterocycles. The fourth-order valence-corrected chi connectivity index (χ4v) is 2.63. The Morgan fingerprint density at radius 3 is 2.65 bits per heavy atom. The third kappa shape index (κ3) is 4.21. The maximum absolute atomic E-state index is 12.9. The van der Waals surface area contributed by atoms with Gasteiger partial charge in [0.05, 0.1) is 6.04 Å². The van der Waals surface area contributed by atoms with Gasteiger partial charge in [-0.25, -0.2) is 4.39 Å². The summed E-state index contributed by atoms with van der Waals surface area (Å²) < 4.78 is 12.9. The monoisotopic (exact) mass is 296 g/mol. The summed E-state index contributed by atoms with van der Waals surface area (Å²) in [5.74, 6) is 0.655. The van der Waals surface area contributed by atoms with E-state index >= 15 is 0 Å². The van der Waals surface area contributed by atoms with Crippen LogP contribution in [0.5, 0.6) is 0 Å². The summed E-state index contributed by atoms with van der Waals surface area (Å²) in [6, 6.07) is 6.20. The number of hydrogen-bond acceptors (Lipinski definition) is 3. The topological polar surface area (TPSA) is 46.3 Å². The first-order valence-electron chi connectivity index (χ1n) is 6.91. The maximum Gasteiger partial charge on any atom is 0.240 e. The lowest BCUT2D eigenvalue weighted by molar-refractivity contribution is -0.133. The third-order valence-corrected chi connectivity index (χ3v) is 4.13. The molecule has 1 aromatic carbocycles. The normalized spacial score (nSPS) is 15.9. The molecular weight excluding hydrogens is 275 g/mol. The average Bonchev–Trinajstić information content (AvgIpc) is 3.28. The van der Waals surface area contributed by atoms with Crippen LogP contribution in [0.4, 0.5) is 4.39 Å². The van der Waals surface area contributed by atoms with E-state index in [1.807, 2.05) is 11.2 Å². The van der Waals surface area contributed by atoms with Crippen LogP contribution in [-0.4, -0.2) is 34.9 Å². The van der Waals surface area contributed by atoms with Crippen LogP contribution in [0.15, 0.2) is 24.3 Å². The van der Waals surface area contributed by atoms with Gasteiger partial charge in [0.25, 0.3) is 0 Å². The van der Waals surface area contributed by atoms with Crippen molar-refractivity contribution in [1.29, 1.82) is 0 Å². The van der Waals surface area contributed by atoms with Crippen LogP contribution in [0, 0.1) is 5.82 Å². The molecule has 1 atom stereocenters. The molecule has 1 aromatic rings. The molecule has 20 heavy (non-hydrogen) atoms. The first kappa shape index (κ1) is 15.3. The molecule has 5 heteroatoms. The lowest BCUT2D eigenvalue weighted by atomic mass is 10.1. The Balaban J connectivity index is 1.99. The van der Waals surface area contributed by atoms with Crippen LogP contribution in [0.25, 0.3) is 0 Å². The summed E-state index contributed by atoms with van der Waals surface area (Å²) in [7, 11) is 0. The van der Waals surface area contributed by atoms with E-state index < -0.39 is 6.04 Å². The van der Waals surface area contributed by atoms with E-state index in [0.29, 0.717) is 19.0 Å². The molecule has 1 amide bonds. The second kappa shape index (κ2) is 7.09. The van der Waals surface area contributed by atoms with Crippen LogP contribution in [0.3, 0.4) is 0 Å². The standard InChI is InChI=1S/C15H21FN2OS/c1-20-9-8-14(17)15(19)18(13-6-7-13)10-11-2-4-12(16)5-3-11/h2-5,13-14H,6-10,17H2,1H3/t14-/m1/s1. The second-order valence-electron chi connectivity index (χ2n) is 5.21. The Morgan fingerprint density at radius 1 is 1.45 bits per heavy atom. The lowest BCUT2D eigenvalue weighted by Gasteiger charge is -2.25. The fourth-order valence-electron chi connectivity index (χ4n) is 2.14. The van der Waals surface area contributed by atoms with Crippen molar-refractivity contribution in [2.75, 3.05) is 12.0 Å². The van der Waals surface area contributed by atoms with Gasteiger partial charge in [-0.15, -0.1) is 0 Å². The van der Waals surface area contributed by atoms with Gasteiger partial charge in [0.2, 0.25) is 5.91 Å². The highest BCUT2D eigenvalue weighted by Gasteiger charge is 2.34. The molecule has 2 rings (SSSR count). The van der Waals surface area contributed by atoms with Gasteiger partial charge < -0.3 is 10.6 Å². The highest BCUT2D eigenvalue weighted by molar-refractivity contribution is 7.98. The van der Waals surface area contributed by atoms with E-state index in [4.69, 9.17) is 5.73 Å². The van der Waals surface area contributed by atoms with Crippen molar-refractivity contribution in [1.82, 2.24) is 4.90 Å². The molecule has 0 heterocycles. The zero-order chi connectivity index (χ0) is 14.5. The predicted octanol–water partition coefficient (Wildman–Crippen LogP) is 2.40. The summed E-state index contributed by atoms with van der Waals surface area (Å²) in [6.45, 7) is 0.525. The third-order valence-electron chi connectivity index (χ3n) is 3.49. The number of halogens is 1. The summed E-state index contributed by atoms with van der Waals surface area (Å²) >= 11 is 1.70. The molecule has 0 bridgehead atoms. The van der Waals surface area contributed by atoms with E-state index in [9.17, 15) is 9.18 Å². The molecule has 1 aliphatic carbocycles. The Hall–Kier alpha value is -1.07. The fraction of sp³-hybridized carbons (Fsp3) is 0.533. The number of hydrogen-bond donors (Lipinski definition) is 1. The number of carbonyl (C=O) groups excluding carboxylic acids is 1. The number of benzene rings is 1. The zero-order valence-corrected chi connectivity index (χ0v) is 12.5. The van der Waals surface area contributed by atoms with E-state index in [1.165, 1.54) is 12.1 Å². The number of nitrogens with zero attached hydrogens (tertiary/aromatic N) is 1. The Kier molecular flexibility index (Phi) is 5.43. The van der Waals surface area contributed by atoms with Crippen LogP contribution in [0.1, 0.15) is 24.8 Å². The quantitative estimate of drug-likeness (QED) is 0.840. The highest BCUT2D eigenvalue weighted by Crippen LogP contribution is 2.29. The smallest absolute Gasteiger partial charge is 0.240 e. The van der Waals surface area contributed by atoms with Gasteiger partial charge in [-0.2, -0.15) is 11.8 Å². The van der Waals surface area contributed by atoms with Crippen molar-refractivity contribution in [2.24, 2.45) is 5.73 Å². The van der Waals surface area contributed by atoms with Gasteiger partial charge in [0.1, 0.15) is 5.82 Å². The molecule has 110 valence electrons. The molecule has 3 nitrogen and oxygen atoms in total. The molecule has 1 aliphatic rings. The van der Waals surface area contributed by atoms with Crippen LogP contribution in [0.2, 0.25) is 0 Å². The average molecular weight is 296 g/mol. The van der Waals surface area contributed by atoms with Crippen LogP contribution < -0.4 is 5.73 Å². The van der Waals surface area contributed by atoms with E-state index in [2.05, 4.69) is 0 Å². The van der Waals surface area contributed by atoms with Gasteiger partial charge >= 0.3 is 0 Å². The minimum absolute atomic E-state index is 0.0193. The van der Waals surface area contributed by atoms with E-state index in [1.54, 1.807) is 23.9 Å². The number of carbonyl (C=O) groups is 1. The number of thioether (sulfide) groups is 1. The molecule has 0 spiro atoms. The van der Waals surface area contributed by atoms with Gasteiger partial charge in [-0.05, 0) is 49.0 Å². The summed E-state index contributed by atoms with van der Waals surface area (Å²) in [6.07, 6.45) is 4.80. The largest absolute Gasteiger partial charge is 0.334 e. The lowest BCUT2D eigenvalue weighted by Crippen LogP contribution is -2.44. The first-order valence-corrected chi connectivity index (χ1v) is 8.30. The minimum atomic E-state index is -0.427. The summed E-state index contributed by atoms with van der Waals surface area (Å²) in [5.41, 5.74) is 6.93. The summed E-state index contributed by atoms with van der Waals surface area (Å²) in [5, 5.41) is 0. The van der Waals surface area contributed by atoms with Gasteiger partial charge in [-0.1, -0.05) is 12.1 Å². The molecule has 0 unspecified atom stereocenters. The Bertz CT molecular complexity index is 448. The van der Waals surface area contributed by atoms with Crippen molar-refractivity contribution in [3.05, 3.63) is 35.6 Å². The molecule has 0 aliphatic heterocycles. The maximum atomic E-state index is 12.9. The molecule has 1 fully saturated rings. The second-order valence-corrected chi connectivity index (χ2v) is 6.20. The predicted molar refractivity (Wildman–Crippen MR) is 80.9 cm³/mol.